The molecular weight excluding hydrogens is 468 g/mol. The van der Waals surface area contributed by atoms with Crippen LogP contribution >= 0.6 is 11.3 Å². The Bertz CT molecular complexity index is 1240. The van der Waals surface area contributed by atoms with Crippen LogP contribution in [0.25, 0.3) is 0 Å². The highest BCUT2D eigenvalue weighted by molar-refractivity contribution is 7.89. The molecule has 1 saturated heterocycles. The number of likely N-dealkylation sites (tertiary alicyclic amines) is 1. The third kappa shape index (κ3) is 6.29. The third-order valence-corrected chi connectivity index (χ3v) is 8.30. The van der Waals surface area contributed by atoms with Crippen LogP contribution in [0.15, 0.2) is 58.8 Å². The molecule has 7 nitrogen and oxygen atoms in total. The maximum atomic E-state index is 12.9. The number of nitrogens with one attached hydrogen (secondary N) is 2. The molecule has 1 aliphatic heterocycles. The quantitative estimate of drug-likeness (QED) is 0.480. The highest BCUT2D eigenvalue weighted by atomic mass is 32.2. The summed E-state index contributed by atoms with van der Waals surface area (Å²) in [6.45, 7) is 7.08. The summed E-state index contributed by atoms with van der Waals surface area (Å²) >= 11 is 1.38. The van der Waals surface area contributed by atoms with Crippen molar-refractivity contribution in [3.8, 4) is 0 Å². The largest absolute Gasteiger partial charge is 0.298 e. The maximum absolute atomic E-state index is 12.9. The predicted molar refractivity (Wildman–Crippen MR) is 135 cm³/mol. The summed E-state index contributed by atoms with van der Waals surface area (Å²) in [5.74, 6) is 0.313. The molecule has 34 heavy (non-hydrogen) atoms. The van der Waals surface area contributed by atoms with Gasteiger partial charge in [-0.2, -0.15) is 0 Å². The Morgan fingerprint density at radius 2 is 2.00 bits per heavy atom. The van der Waals surface area contributed by atoms with E-state index in [2.05, 4.69) is 26.8 Å². The Hall–Kier alpha value is -2.59. The van der Waals surface area contributed by atoms with Crippen LogP contribution in [0.2, 0.25) is 0 Å². The SMILES string of the molecule is Cc1ccc(C(=O)Nc2nc(CN3CCCC(C)C3)cs2)cc1S(=O)(=O)NCc1ccccc1. The van der Waals surface area contributed by atoms with Crippen molar-refractivity contribution in [3.63, 3.8) is 0 Å². The number of hydrogen-bond donors (Lipinski definition) is 2. The summed E-state index contributed by atoms with van der Waals surface area (Å²) in [7, 11) is -3.78. The summed E-state index contributed by atoms with van der Waals surface area (Å²) in [5, 5.41) is 5.29. The van der Waals surface area contributed by atoms with Crippen molar-refractivity contribution >= 4 is 32.4 Å². The number of carbonyl (C=O) groups is 1. The van der Waals surface area contributed by atoms with E-state index < -0.39 is 10.0 Å². The normalized spacial score (nSPS) is 16.9. The van der Waals surface area contributed by atoms with Gasteiger partial charge in [-0.15, -0.1) is 11.3 Å². The fraction of sp³-hybridized carbons (Fsp3) is 0.360. The Labute approximate surface area is 205 Å². The van der Waals surface area contributed by atoms with E-state index in [1.807, 2.05) is 35.7 Å². The highest BCUT2D eigenvalue weighted by Crippen LogP contribution is 2.23. The number of thiazole rings is 1. The average molecular weight is 499 g/mol. The molecule has 9 heteroatoms. The van der Waals surface area contributed by atoms with Gasteiger partial charge in [0.25, 0.3) is 5.91 Å². The summed E-state index contributed by atoms with van der Waals surface area (Å²) in [5.41, 5.74) is 2.64. The van der Waals surface area contributed by atoms with Gasteiger partial charge >= 0.3 is 0 Å². The molecule has 3 aromatic rings. The van der Waals surface area contributed by atoms with E-state index in [4.69, 9.17) is 0 Å². The number of sulfonamides is 1. The van der Waals surface area contributed by atoms with Crippen molar-refractivity contribution in [3.05, 3.63) is 76.3 Å². The monoisotopic (exact) mass is 498 g/mol. The second-order valence-corrected chi connectivity index (χ2v) is 11.5. The number of nitrogens with zero attached hydrogens (tertiary/aromatic N) is 2. The highest BCUT2D eigenvalue weighted by Gasteiger charge is 2.20. The van der Waals surface area contributed by atoms with Crippen molar-refractivity contribution < 1.29 is 13.2 Å². The first-order valence-electron chi connectivity index (χ1n) is 11.4. The molecule has 1 unspecified atom stereocenters. The number of aryl methyl sites for hydroxylation is 1. The van der Waals surface area contributed by atoms with E-state index in [1.54, 1.807) is 19.1 Å². The molecule has 1 aliphatic rings. The molecule has 180 valence electrons. The first-order valence-corrected chi connectivity index (χ1v) is 13.8. The molecule has 0 spiro atoms. The van der Waals surface area contributed by atoms with Crippen LogP contribution in [0.1, 0.15) is 46.9 Å². The van der Waals surface area contributed by atoms with E-state index in [-0.39, 0.29) is 22.9 Å². The molecule has 4 rings (SSSR count). The number of hydrogen-bond acceptors (Lipinski definition) is 6. The molecule has 0 radical (unpaired) electrons. The van der Waals surface area contributed by atoms with E-state index in [9.17, 15) is 13.2 Å². The standard InChI is InChI=1S/C25H30N4O3S2/c1-18-7-6-12-29(15-18)16-22-17-33-25(27-22)28-24(30)21-11-10-19(2)23(13-21)34(31,32)26-14-20-8-4-3-5-9-20/h3-5,8-11,13,17-18,26H,6-7,12,14-16H2,1-2H3,(H,27,28,30). The summed E-state index contributed by atoms with van der Waals surface area (Å²) < 4.78 is 28.5. The van der Waals surface area contributed by atoms with Gasteiger partial charge in [-0.25, -0.2) is 18.1 Å². The van der Waals surface area contributed by atoms with Crippen LogP contribution in [-0.4, -0.2) is 37.3 Å². The number of anilines is 1. The fourth-order valence-corrected chi connectivity index (χ4v) is 6.13. The Morgan fingerprint density at radius 1 is 1.21 bits per heavy atom. The Balaban J connectivity index is 1.42. The molecule has 0 aliphatic carbocycles. The van der Waals surface area contributed by atoms with E-state index in [0.717, 1.165) is 30.9 Å². The smallest absolute Gasteiger partial charge is 0.257 e. The number of aromatic nitrogens is 1. The lowest BCUT2D eigenvalue weighted by molar-refractivity contribution is 0.102. The van der Waals surface area contributed by atoms with Gasteiger partial charge in [0.15, 0.2) is 5.13 Å². The lowest BCUT2D eigenvalue weighted by atomic mass is 10.0. The van der Waals surface area contributed by atoms with Gasteiger partial charge in [-0.05, 0) is 55.5 Å². The third-order valence-electron chi connectivity index (χ3n) is 5.95. The van der Waals surface area contributed by atoms with Crippen LogP contribution < -0.4 is 10.0 Å². The van der Waals surface area contributed by atoms with Crippen LogP contribution in [0.5, 0.6) is 0 Å². The van der Waals surface area contributed by atoms with Crippen LogP contribution in [0.3, 0.4) is 0 Å². The lowest BCUT2D eigenvalue weighted by Gasteiger charge is -2.30. The molecule has 0 bridgehead atoms. The first-order chi connectivity index (χ1) is 16.3. The summed E-state index contributed by atoms with van der Waals surface area (Å²) in [6, 6.07) is 14.0. The van der Waals surface area contributed by atoms with E-state index >= 15 is 0 Å². The topological polar surface area (TPSA) is 91.4 Å². The zero-order valence-corrected chi connectivity index (χ0v) is 21.1. The molecule has 2 heterocycles. The minimum atomic E-state index is -3.78. The van der Waals surface area contributed by atoms with Gasteiger partial charge in [0, 0.05) is 30.6 Å². The van der Waals surface area contributed by atoms with E-state index in [1.165, 1.54) is 30.2 Å². The van der Waals surface area contributed by atoms with Gasteiger partial charge in [0.2, 0.25) is 10.0 Å². The zero-order chi connectivity index (χ0) is 24.1. The summed E-state index contributed by atoms with van der Waals surface area (Å²) in [4.78, 5) is 19.9. The van der Waals surface area contributed by atoms with Gasteiger partial charge < -0.3 is 0 Å². The van der Waals surface area contributed by atoms with Gasteiger partial charge in [0.05, 0.1) is 10.6 Å². The minimum Gasteiger partial charge on any atom is -0.298 e. The van der Waals surface area contributed by atoms with Crippen molar-refractivity contribution in [1.82, 2.24) is 14.6 Å². The molecular formula is C25H30N4O3S2. The Kier molecular flexibility index (Phi) is 7.77. The average Bonchev–Trinajstić information content (AvgIpc) is 3.25. The van der Waals surface area contributed by atoms with Crippen molar-refractivity contribution in [2.24, 2.45) is 5.92 Å². The van der Waals surface area contributed by atoms with Gasteiger partial charge in [0.1, 0.15) is 0 Å². The number of piperidine rings is 1. The molecule has 1 atom stereocenters. The van der Waals surface area contributed by atoms with Crippen LogP contribution in [-0.2, 0) is 23.1 Å². The van der Waals surface area contributed by atoms with E-state index in [0.29, 0.717) is 16.6 Å². The molecule has 1 aromatic heterocycles. The van der Waals surface area contributed by atoms with Crippen LogP contribution in [0.4, 0.5) is 5.13 Å². The zero-order valence-electron chi connectivity index (χ0n) is 19.5. The molecule has 0 saturated carbocycles. The molecule has 2 aromatic carbocycles. The second-order valence-electron chi connectivity index (χ2n) is 8.87. The Morgan fingerprint density at radius 3 is 2.76 bits per heavy atom. The predicted octanol–water partition coefficient (Wildman–Crippen LogP) is 4.41. The van der Waals surface area contributed by atoms with Crippen molar-refractivity contribution in [2.75, 3.05) is 18.4 Å². The molecule has 1 fully saturated rings. The number of carbonyl (C=O) groups excluding carboxylic acids is 1. The maximum Gasteiger partial charge on any atom is 0.257 e. The fourth-order valence-electron chi connectivity index (χ4n) is 4.15. The number of amides is 1. The first kappa shape index (κ1) is 24.5. The van der Waals surface area contributed by atoms with Crippen molar-refractivity contribution in [1.29, 1.82) is 0 Å². The summed E-state index contributed by atoms with van der Waals surface area (Å²) in [6.07, 6.45) is 2.47. The second kappa shape index (κ2) is 10.8. The lowest BCUT2D eigenvalue weighted by Crippen LogP contribution is -2.33. The molecule has 2 N–H and O–H groups in total. The molecule has 1 amide bonds. The van der Waals surface area contributed by atoms with Gasteiger partial charge in [-0.1, -0.05) is 43.3 Å². The minimum absolute atomic E-state index is 0.0927. The number of benzene rings is 2. The van der Waals surface area contributed by atoms with Crippen molar-refractivity contribution in [2.45, 2.75) is 44.7 Å². The number of rotatable bonds is 8. The van der Waals surface area contributed by atoms with Crippen LogP contribution in [0, 0.1) is 12.8 Å². The van der Waals surface area contributed by atoms with Gasteiger partial charge in [-0.3, -0.25) is 15.0 Å².